The number of piperidine rings is 1. The van der Waals surface area contributed by atoms with Gasteiger partial charge in [0.05, 0.1) is 5.69 Å². The number of anilines is 2. The molecule has 3 heterocycles. The average Bonchev–Trinajstić information content (AvgIpc) is 3.37. The highest BCUT2D eigenvalue weighted by molar-refractivity contribution is 5.94. The van der Waals surface area contributed by atoms with Crippen LogP contribution in [0, 0.1) is 0 Å². The molecule has 0 aliphatic carbocycles. The van der Waals surface area contributed by atoms with E-state index in [1.807, 2.05) is 89.5 Å². The quantitative estimate of drug-likeness (QED) is 0.289. The molecule has 0 unspecified atom stereocenters. The highest BCUT2D eigenvalue weighted by Crippen LogP contribution is 2.23. The lowest BCUT2D eigenvalue weighted by atomic mass is 10.0. The first kappa shape index (κ1) is 25.2. The second kappa shape index (κ2) is 11.7. The molecule has 1 fully saturated rings. The second-order valence-electron chi connectivity index (χ2n) is 9.39. The number of nitrogens with one attached hydrogen (secondary N) is 2. The third-order valence-electron chi connectivity index (χ3n) is 6.76. The molecule has 0 bridgehead atoms. The number of fused-ring (bicyclic) bond motifs is 1. The zero-order chi connectivity index (χ0) is 26.3. The fourth-order valence-electron chi connectivity index (χ4n) is 4.72. The summed E-state index contributed by atoms with van der Waals surface area (Å²) >= 11 is 0. The molecule has 38 heavy (non-hydrogen) atoms. The molecule has 0 radical (unpaired) electrons. The summed E-state index contributed by atoms with van der Waals surface area (Å²) in [6.07, 6.45) is 7.52. The lowest BCUT2D eigenvalue weighted by Gasteiger charge is -2.32. The molecule has 7 heteroatoms. The van der Waals surface area contributed by atoms with Crippen molar-refractivity contribution in [1.29, 1.82) is 0 Å². The van der Waals surface area contributed by atoms with Crippen molar-refractivity contribution < 1.29 is 4.79 Å². The van der Waals surface area contributed by atoms with E-state index < -0.39 is 0 Å². The number of benzene rings is 2. The first-order chi connectivity index (χ1) is 18.6. The number of para-hydroxylation sites is 1. The highest BCUT2D eigenvalue weighted by Gasteiger charge is 2.21. The zero-order valence-corrected chi connectivity index (χ0v) is 21.4. The number of carbonyl (C=O) groups excluding carboxylic acids is 1. The van der Waals surface area contributed by atoms with Gasteiger partial charge in [0.25, 0.3) is 5.91 Å². The van der Waals surface area contributed by atoms with Gasteiger partial charge in [-0.2, -0.15) is 4.98 Å². The number of aromatic nitrogens is 3. The summed E-state index contributed by atoms with van der Waals surface area (Å²) in [7, 11) is 0. The summed E-state index contributed by atoms with van der Waals surface area (Å²) in [6.45, 7) is 10.4. The number of likely N-dealkylation sites (tertiary alicyclic amines) is 1. The molecular formula is C31H32N6O. The lowest BCUT2D eigenvalue weighted by Crippen LogP contribution is -2.45. The summed E-state index contributed by atoms with van der Waals surface area (Å²) in [5.41, 5.74) is 5.34. The Kier molecular flexibility index (Phi) is 7.75. The number of pyridine rings is 1. The minimum Gasteiger partial charge on any atom is -0.349 e. The fraction of sp³-hybridized carbons (Fsp3) is 0.194. The Morgan fingerprint density at radius 2 is 1.74 bits per heavy atom. The van der Waals surface area contributed by atoms with E-state index in [-0.39, 0.29) is 11.9 Å². The van der Waals surface area contributed by atoms with Gasteiger partial charge >= 0.3 is 0 Å². The van der Waals surface area contributed by atoms with Crippen LogP contribution in [0.2, 0.25) is 0 Å². The van der Waals surface area contributed by atoms with Crippen LogP contribution in [-0.2, 0) is 0 Å². The van der Waals surface area contributed by atoms with Crippen LogP contribution in [0.25, 0.3) is 16.9 Å². The molecular weight excluding hydrogens is 472 g/mol. The minimum absolute atomic E-state index is 0.0401. The molecule has 0 spiro atoms. The minimum atomic E-state index is -0.0401. The van der Waals surface area contributed by atoms with Crippen molar-refractivity contribution in [1.82, 2.24) is 24.8 Å². The monoisotopic (exact) mass is 504 g/mol. The number of rotatable bonds is 9. The molecule has 2 aromatic carbocycles. The van der Waals surface area contributed by atoms with E-state index in [0.717, 1.165) is 60.6 Å². The van der Waals surface area contributed by atoms with Gasteiger partial charge in [-0.3, -0.25) is 9.69 Å². The largest absolute Gasteiger partial charge is 0.349 e. The van der Waals surface area contributed by atoms with Crippen LogP contribution in [0.3, 0.4) is 0 Å². The third-order valence-corrected chi connectivity index (χ3v) is 6.76. The maximum Gasteiger partial charge on any atom is 0.251 e. The van der Waals surface area contributed by atoms with E-state index in [0.29, 0.717) is 11.5 Å². The molecule has 1 aliphatic rings. The van der Waals surface area contributed by atoms with Crippen LogP contribution in [0.1, 0.15) is 23.2 Å². The zero-order valence-electron chi connectivity index (χ0n) is 21.4. The number of allylic oxidation sites excluding steroid dienone is 2. The van der Waals surface area contributed by atoms with Crippen LogP contribution in [0.15, 0.2) is 110 Å². The first-order valence-corrected chi connectivity index (χ1v) is 12.9. The van der Waals surface area contributed by atoms with Gasteiger partial charge in [-0.25, -0.2) is 4.52 Å². The number of amides is 1. The van der Waals surface area contributed by atoms with E-state index in [1.54, 1.807) is 6.08 Å². The molecule has 4 aromatic rings. The van der Waals surface area contributed by atoms with Crippen molar-refractivity contribution in [3.05, 3.63) is 115 Å². The van der Waals surface area contributed by atoms with E-state index in [1.165, 1.54) is 0 Å². The van der Waals surface area contributed by atoms with Gasteiger partial charge in [-0.1, -0.05) is 67.8 Å². The van der Waals surface area contributed by atoms with Gasteiger partial charge in [-0.05, 0) is 54.8 Å². The van der Waals surface area contributed by atoms with Crippen LogP contribution in [0.5, 0.6) is 0 Å². The molecule has 5 rings (SSSR count). The van der Waals surface area contributed by atoms with Crippen molar-refractivity contribution in [2.24, 2.45) is 0 Å². The maximum absolute atomic E-state index is 12.9. The molecule has 1 amide bonds. The molecule has 7 nitrogen and oxygen atoms in total. The summed E-state index contributed by atoms with van der Waals surface area (Å²) in [5.74, 6) is 0.491. The van der Waals surface area contributed by atoms with Crippen molar-refractivity contribution in [2.75, 3.05) is 25.0 Å². The first-order valence-electron chi connectivity index (χ1n) is 12.9. The average molecular weight is 505 g/mol. The normalized spacial score (nSPS) is 14.8. The molecule has 2 aromatic heterocycles. The number of hydrogen-bond donors (Lipinski definition) is 2. The van der Waals surface area contributed by atoms with Crippen molar-refractivity contribution in [3.8, 4) is 11.3 Å². The van der Waals surface area contributed by atoms with Gasteiger partial charge in [0.2, 0.25) is 5.95 Å². The molecule has 0 atom stereocenters. The Hall–Kier alpha value is -4.49. The van der Waals surface area contributed by atoms with Gasteiger partial charge in [0, 0.05) is 42.5 Å². The molecule has 0 saturated carbocycles. The summed E-state index contributed by atoms with van der Waals surface area (Å²) < 4.78 is 1.82. The Morgan fingerprint density at radius 3 is 2.45 bits per heavy atom. The van der Waals surface area contributed by atoms with E-state index in [9.17, 15) is 4.79 Å². The van der Waals surface area contributed by atoms with Gasteiger partial charge in [0.1, 0.15) is 0 Å². The van der Waals surface area contributed by atoms with E-state index in [4.69, 9.17) is 0 Å². The van der Waals surface area contributed by atoms with Gasteiger partial charge in [0.15, 0.2) is 5.65 Å². The van der Waals surface area contributed by atoms with Crippen LogP contribution >= 0.6 is 0 Å². The maximum atomic E-state index is 12.9. The van der Waals surface area contributed by atoms with E-state index >= 15 is 0 Å². The van der Waals surface area contributed by atoms with Crippen molar-refractivity contribution in [3.63, 3.8) is 0 Å². The van der Waals surface area contributed by atoms with Crippen molar-refractivity contribution in [2.45, 2.75) is 18.9 Å². The Bertz CT molecular complexity index is 1450. The van der Waals surface area contributed by atoms with E-state index in [2.05, 4.69) is 38.8 Å². The number of nitrogens with zero attached hydrogens (tertiary/aromatic N) is 4. The van der Waals surface area contributed by atoms with Crippen molar-refractivity contribution >= 4 is 23.2 Å². The summed E-state index contributed by atoms with van der Waals surface area (Å²) in [6, 6.07) is 23.6. The van der Waals surface area contributed by atoms with Crippen LogP contribution < -0.4 is 10.6 Å². The Labute approximate surface area is 223 Å². The fourth-order valence-corrected chi connectivity index (χ4v) is 4.72. The molecule has 1 saturated heterocycles. The summed E-state index contributed by atoms with van der Waals surface area (Å²) in [4.78, 5) is 19.9. The summed E-state index contributed by atoms with van der Waals surface area (Å²) in [5, 5.41) is 11.1. The highest BCUT2D eigenvalue weighted by atomic mass is 16.1. The Balaban J connectivity index is 1.22. The lowest BCUT2D eigenvalue weighted by molar-refractivity contribution is 0.0913. The number of hydrogen-bond acceptors (Lipinski definition) is 5. The molecule has 2 N–H and O–H groups in total. The predicted octanol–water partition coefficient (Wildman–Crippen LogP) is 5.63. The predicted molar refractivity (Wildman–Crippen MR) is 154 cm³/mol. The Morgan fingerprint density at radius 1 is 0.974 bits per heavy atom. The second-order valence-corrected chi connectivity index (χ2v) is 9.39. The van der Waals surface area contributed by atoms with Crippen LogP contribution in [0.4, 0.5) is 11.6 Å². The standard InChI is InChI=1S/C31H32N6O/c1-3-9-23(4-2)22-36-20-18-27(19-21-36)32-30(38)25-16-14-24(15-17-25)28-12-8-13-29-34-31(35-37(28)29)33-26-10-6-5-7-11-26/h3-17,27H,1-2,18-22H2,(H,32,38)(H,33,35)/b23-9+. The van der Waals surface area contributed by atoms with Crippen LogP contribution in [-0.4, -0.2) is 51.1 Å². The molecule has 192 valence electrons. The third kappa shape index (κ3) is 5.90. The topological polar surface area (TPSA) is 74.6 Å². The van der Waals surface area contributed by atoms with Gasteiger partial charge in [-0.15, -0.1) is 5.10 Å². The van der Waals surface area contributed by atoms with Gasteiger partial charge < -0.3 is 10.6 Å². The molecule has 1 aliphatic heterocycles. The smallest absolute Gasteiger partial charge is 0.251 e. The SMILES string of the molecule is C=C/C=C(\C=C)CN1CCC(NC(=O)c2ccc(-c3cccc4nc(Nc5ccccc5)nn34)cc2)CC1. The number of carbonyl (C=O) groups is 1.